The minimum Gasteiger partial charge on any atom is -0.328 e. The SMILES string of the molecule is N#Cc1c(NC(=O)CC[NH+]2CCc3sccc3[C@@H]2C2CC2)sc2c1CCCC2. The highest BCUT2D eigenvalue weighted by Crippen LogP contribution is 2.42. The van der Waals surface area contributed by atoms with Crippen molar-refractivity contribution >= 4 is 33.6 Å². The number of carbonyl (C=O) groups is 1. The van der Waals surface area contributed by atoms with Gasteiger partial charge in [0.15, 0.2) is 0 Å². The van der Waals surface area contributed by atoms with Gasteiger partial charge in [-0.3, -0.25) is 4.79 Å². The first-order chi connectivity index (χ1) is 13.7. The molecule has 28 heavy (non-hydrogen) atoms. The molecule has 0 aromatic carbocycles. The number of quaternary nitrogens is 1. The number of nitrogens with zero attached hydrogens (tertiary/aromatic N) is 1. The largest absolute Gasteiger partial charge is 0.328 e. The zero-order valence-electron chi connectivity index (χ0n) is 16.1. The molecule has 2 aromatic rings. The summed E-state index contributed by atoms with van der Waals surface area (Å²) < 4.78 is 0. The number of hydrogen-bond acceptors (Lipinski definition) is 4. The summed E-state index contributed by atoms with van der Waals surface area (Å²) in [5.41, 5.74) is 3.46. The van der Waals surface area contributed by atoms with E-state index in [-0.39, 0.29) is 5.91 Å². The van der Waals surface area contributed by atoms with Crippen molar-refractivity contribution < 1.29 is 9.69 Å². The summed E-state index contributed by atoms with van der Waals surface area (Å²) >= 11 is 3.52. The number of rotatable bonds is 5. The molecule has 3 aliphatic rings. The van der Waals surface area contributed by atoms with Gasteiger partial charge in [0.25, 0.3) is 0 Å². The molecular weight excluding hydrogens is 386 g/mol. The highest BCUT2D eigenvalue weighted by molar-refractivity contribution is 7.16. The van der Waals surface area contributed by atoms with Crippen LogP contribution in [0, 0.1) is 17.2 Å². The van der Waals surface area contributed by atoms with E-state index in [4.69, 9.17) is 0 Å². The van der Waals surface area contributed by atoms with E-state index in [1.54, 1.807) is 26.7 Å². The Morgan fingerprint density at radius 3 is 2.93 bits per heavy atom. The fraction of sp³-hybridized carbons (Fsp3) is 0.545. The van der Waals surface area contributed by atoms with Gasteiger partial charge in [-0.15, -0.1) is 22.7 Å². The lowest BCUT2D eigenvalue weighted by atomic mass is 9.95. The van der Waals surface area contributed by atoms with Crippen molar-refractivity contribution in [3.8, 4) is 6.07 Å². The first-order valence-corrected chi connectivity index (χ1v) is 12.2. The van der Waals surface area contributed by atoms with E-state index >= 15 is 0 Å². The molecule has 5 rings (SSSR count). The quantitative estimate of drug-likeness (QED) is 0.790. The number of amides is 1. The van der Waals surface area contributed by atoms with Gasteiger partial charge in [0.05, 0.1) is 25.1 Å². The van der Waals surface area contributed by atoms with Gasteiger partial charge in [0.1, 0.15) is 17.1 Å². The van der Waals surface area contributed by atoms with Crippen LogP contribution in [-0.4, -0.2) is 19.0 Å². The molecule has 0 radical (unpaired) electrons. The molecule has 2 aromatic heterocycles. The molecule has 1 unspecified atom stereocenters. The molecule has 1 fully saturated rings. The highest BCUT2D eigenvalue weighted by Gasteiger charge is 2.43. The van der Waals surface area contributed by atoms with Crippen LogP contribution in [0.5, 0.6) is 0 Å². The highest BCUT2D eigenvalue weighted by atomic mass is 32.1. The Morgan fingerprint density at radius 1 is 1.25 bits per heavy atom. The molecule has 146 valence electrons. The number of carbonyl (C=O) groups excluding carboxylic acids is 1. The summed E-state index contributed by atoms with van der Waals surface area (Å²) in [6.45, 7) is 2.02. The van der Waals surface area contributed by atoms with Crippen molar-refractivity contribution in [3.63, 3.8) is 0 Å². The second kappa shape index (κ2) is 7.62. The topological polar surface area (TPSA) is 57.3 Å². The van der Waals surface area contributed by atoms with Crippen molar-refractivity contribution in [1.29, 1.82) is 5.26 Å². The molecule has 6 heteroatoms. The fourth-order valence-electron chi connectivity index (χ4n) is 5.01. The second-order valence-corrected chi connectivity index (χ2v) is 10.5. The maximum atomic E-state index is 12.7. The van der Waals surface area contributed by atoms with Gasteiger partial charge >= 0.3 is 0 Å². The Kier molecular flexibility index (Phi) is 5.00. The van der Waals surface area contributed by atoms with E-state index in [9.17, 15) is 10.1 Å². The predicted molar refractivity (Wildman–Crippen MR) is 113 cm³/mol. The first-order valence-electron chi connectivity index (χ1n) is 10.5. The average Bonchev–Trinajstić information content (AvgIpc) is 3.32. The summed E-state index contributed by atoms with van der Waals surface area (Å²) in [4.78, 5) is 17.1. The van der Waals surface area contributed by atoms with Crippen LogP contribution in [0.15, 0.2) is 11.4 Å². The number of thiophene rings is 2. The van der Waals surface area contributed by atoms with Crippen LogP contribution >= 0.6 is 22.7 Å². The number of aryl methyl sites for hydroxylation is 1. The monoisotopic (exact) mass is 412 g/mol. The smallest absolute Gasteiger partial charge is 0.230 e. The lowest BCUT2D eigenvalue weighted by Gasteiger charge is -2.33. The lowest BCUT2D eigenvalue weighted by Crippen LogP contribution is -3.13. The Balaban J connectivity index is 1.25. The molecule has 2 N–H and O–H groups in total. The van der Waals surface area contributed by atoms with Crippen molar-refractivity contribution in [2.75, 3.05) is 18.4 Å². The second-order valence-electron chi connectivity index (χ2n) is 8.35. The molecule has 4 nitrogen and oxygen atoms in total. The van der Waals surface area contributed by atoms with Gasteiger partial charge in [-0.05, 0) is 55.5 Å². The summed E-state index contributed by atoms with van der Waals surface area (Å²) in [6, 6.07) is 5.25. The van der Waals surface area contributed by atoms with Crippen molar-refractivity contribution in [3.05, 3.63) is 37.9 Å². The zero-order chi connectivity index (χ0) is 19.1. The summed E-state index contributed by atoms with van der Waals surface area (Å²) in [5.74, 6) is 0.870. The Hall–Kier alpha value is -1.68. The van der Waals surface area contributed by atoms with Crippen LogP contribution in [0.2, 0.25) is 0 Å². The molecule has 1 aliphatic heterocycles. The van der Waals surface area contributed by atoms with Crippen LogP contribution in [0.25, 0.3) is 0 Å². The summed E-state index contributed by atoms with van der Waals surface area (Å²) in [6.07, 6.45) is 8.72. The number of nitriles is 1. The minimum absolute atomic E-state index is 0.0632. The number of hydrogen-bond donors (Lipinski definition) is 2. The van der Waals surface area contributed by atoms with E-state index < -0.39 is 0 Å². The summed E-state index contributed by atoms with van der Waals surface area (Å²) in [7, 11) is 0. The van der Waals surface area contributed by atoms with Gasteiger partial charge in [-0.1, -0.05) is 0 Å². The van der Waals surface area contributed by atoms with E-state index in [0.717, 1.165) is 55.3 Å². The maximum Gasteiger partial charge on any atom is 0.230 e. The first kappa shape index (κ1) is 18.4. The van der Waals surface area contributed by atoms with Crippen LogP contribution in [0.1, 0.15) is 64.6 Å². The van der Waals surface area contributed by atoms with Crippen LogP contribution in [0.4, 0.5) is 5.00 Å². The number of anilines is 1. The molecule has 2 aliphatic carbocycles. The minimum atomic E-state index is 0.0632. The lowest BCUT2D eigenvalue weighted by molar-refractivity contribution is -0.935. The molecule has 0 bridgehead atoms. The van der Waals surface area contributed by atoms with Gasteiger partial charge < -0.3 is 10.2 Å². The fourth-order valence-corrected chi connectivity index (χ4v) is 7.20. The van der Waals surface area contributed by atoms with Crippen molar-refractivity contribution in [1.82, 2.24) is 0 Å². The standard InChI is InChI=1S/C22H25N3OS2/c23-13-17-15-3-1-2-4-19(15)28-22(17)24-20(26)8-11-25-10-7-18-16(9-12-27-18)21(25)14-5-6-14/h9,12,14,21H,1-8,10-11H2,(H,24,26)/p+1/t21-/m0/s1. The Bertz CT molecular complexity index is 934. The van der Waals surface area contributed by atoms with Crippen LogP contribution in [0.3, 0.4) is 0 Å². The third-order valence-electron chi connectivity index (χ3n) is 6.53. The molecule has 1 amide bonds. The maximum absolute atomic E-state index is 12.7. The molecule has 0 spiro atoms. The molecular formula is C22H26N3OS2+. The molecule has 0 saturated heterocycles. The van der Waals surface area contributed by atoms with E-state index in [2.05, 4.69) is 22.8 Å². The Morgan fingerprint density at radius 2 is 2.11 bits per heavy atom. The predicted octanol–water partition coefficient (Wildman–Crippen LogP) is 3.48. The third-order valence-corrected chi connectivity index (χ3v) is 8.73. The average molecular weight is 413 g/mol. The van der Waals surface area contributed by atoms with E-state index in [1.807, 2.05) is 11.3 Å². The number of fused-ring (bicyclic) bond motifs is 2. The van der Waals surface area contributed by atoms with E-state index in [1.165, 1.54) is 29.7 Å². The van der Waals surface area contributed by atoms with Gasteiger partial charge in [0, 0.05) is 27.7 Å². The molecule has 1 saturated carbocycles. The summed E-state index contributed by atoms with van der Waals surface area (Å²) in [5, 5.41) is 15.7. The van der Waals surface area contributed by atoms with Crippen LogP contribution in [-0.2, 0) is 24.1 Å². The molecule has 3 heterocycles. The van der Waals surface area contributed by atoms with Crippen molar-refractivity contribution in [2.24, 2.45) is 5.92 Å². The normalized spacial score (nSPS) is 23.5. The van der Waals surface area contributed by atoms with Crippen LogP contribution < -0.4 is 10.2 Å². The zero-order valence-corrected chi connectivity index (χ0v) is 17.7. The van der Waals surface area contributed by atoms with E-state index in [0.29, 0.717) is 12.5 Å². The van der Waals surface area contributed by atoms with Gasteiger partial charge in [-0.25, -0.2) is 0 Å². The van der Waals surface area contributed by atoms with Gasteiger partial charge in [0.2, 0.25) is 5.91 Å². The number of nitrogens with one attached hydrogen (secondary N) is 2. The van der Waals surface area contributed by atoms with Crippen molar-refractivity contribution in [2.45, 2.75) is 57.4 Å². The molecule has 2 atom stereocenters. The Labute approximate surface area is 174 Å². The van der Waals surface area contributed by atoms with Gasteiger partial charge in [-0.2, -0.15) is 5.26 Å². The third kappa shape index (κ3) is 3.41.